The Balaban J connectivity index is 1.96. The van der Waals surface area contributed by atoms with Gasteiger partial charge in [0, 0.05) is 18.3 Å². The van der Waals surface area contributed by atoms with E-state index in [1.54, 1.807) is 12.3 Å². The zero-order valence-corrected chi connectivity index (χ0v) is 9.38. The van der Waals surface area contributed by atoms with Crippen LogP contribution in [0.5, 0.6) is 0 Å². The van der Waals surface area contributed by atoms with Crippen molar-refractivity contribution in [3.05, 3.63) is 65.7 Å². The fraction of sp³-hybridized carbons (Fsp3) is 0.214. The molecule has 2 nitrogen and oxygen atoms in total. The van der Waals surface area contributed by atoms with Gasteiger partial charge in [-0.1, -0.05) is 18.2 Å². The third-order valence-corrected chi connectivity index (χ3v) is 2.53. The molecule has 1 aromatic carbocycles. The highest BCUT2D eigenvalue weighted by atomic mass is 19.1. The summed E-state index contributed by atoms with van der Waals surface area (Å²) in [5.74, 6) is -0.271. The van der Waals surface area contributed by atoms with Crippen molar-refractivity contribution < 1.29 is 9.50 Å². The first kappa shape index (κ1) is 11.7. The van der Waals surface area contributed by atoms with E-state index in [2.05, 4.69) is 4.98 Å². The molecule has 1 N–H and O–H groups in total. The van der Waals surface area contributed by atoms with Crippen molar-refractivity contribution in [2.45, 2.75) is 18.9 Å². The van der Waals surface area contributed by atoms with Crippen molar-refractivity contribution in [1.82, 2.24) is 4.98 Å². The van der Waals surface area contributed by atoms with E-state index in [1.165, 1.54) is 12.1 Å². The van der Waals surface area contributed by atoms with Crippen molar-refractivity contribution in [2.24, 2.45) is 0 Å². The molecule has 1 atom stereocenters. The van der Waals surface area contributed by atoms with Crippen LogP contribution in [0, 0.1) is 5.82 Å². The molecule has 2 aromatic rings. The van der Waals surface area contributed by atoms with Gasteiger partial charge >= 0.3 is 0 Å². The molecule has 88 valence electrons. The van der Waals surface area contributed by atoms with Crippen molar-refractivity contribution >= 4 is 0 Å². The number of hydrogen-bond acceptors (Lipinski definition) is 2. The van der Waals surface area contributed by atoms with E-state index < -0.39 is 6.10 Å². The molecule has 3 heteroatoms. The lowest BCUT2D eigenvalue weighted by Gasteiger charge is -2.10. The number of benzene rings is 1. The van der Waals surface area contributed by atoms with E-state index in [9.17, 15) is 9.50 Å². The summed E-state index contributed by atoms with van der Waals surface area (Å²) in [6, 6.07) is 11.9. The second-order valence-electron chi connectivity index (χ2n) is 4.01. The molecule has 0 aliphatic heterocycles. The van der Waals surface area contributed by atoms with E-state index >= 15 is 0 Å². The van der Waals surface area contributed by atoms with Crippen LogP contribution in [0.15, 0.2) is 48.7 Å². The monoisotopic (exact) mass is 231 g/mol. The molecule has 1 unspecified atom stereocenters. The maximum absolute atomic E-state index is 13.0. The van der Waals surface area contributed by atoms with E-state index in [0.717, 1.165) is 11.3 Å². The molecular weight excluding hydrogens is 217 g/mol. The molecule has 0 radical (unpaired) electrons. The number of aliphatic hydroxyl groups is 1. The molecule has 0 saturated carbocycles. The van der Waals surface area contributed by atoms with Gasteiger partial charge < -0.3 is 5.11 Å². The largest absolute Gasteiger partial charge is 0.392 e. The smallest absolute Gasteiger partial charge is 0.123 e. The van der Waals surface area contributed by atoms with Gasteiger partial charge in [0.25, 0.3) is 0 Å². The van der Waals surface area contributed by atoms with Crippen LogP contribution < -0.4 is 0 Å². The lowest BCUT2D eigenvalue weighted by Crippen LogP contribution is -2.14. The second-order valence-corrected chi connectivity index (χ2v) is 4.01. The quantitative estimate of drug-likeness (QED) is 0.876. The van der Waals surface area contributed by atoms with E-state index in [-0.39, 0.29) is 5.82 Å². The molecule has 17 heavy (non-hydrogen) atoms. The number of hydrogen-bond donors (Lipinski definition) is 1. The molecular formula is C14H14FNO. The summed E-state index contributed by atoms with van der Waals surface area (Å²) < 4.78 is 13.0. The van der Waals surface area contributed by atoms with Gasteiger partial charge in [-0.25, -0.2) is 4.39 Å². The normalized spacial score (nSPS) is 12.4. The third kappa shape index (κ3) is 3.64. The van der Waals surface area contributed by atoms with Crippen LogP contribution in [0.1, 0.15) is 11.3 Å². The van der Waals surface area contributed by atoms with E-state index in [4.69, 9.17) is 0 Å². The molecule has 0 aliphatic carbocycles. The van der Waals surface area contributed by atoms with Crippen LogP contribution in [0.3, 0.4) is 0 Å². The third-order valence-electron chi connectivity index (χ3n) is 2.53. The van der Waals surface area contributed by atoms with E-state index in [1.807, 2.05) is 24.3 Å². The lowest BCUT2D eigenvalue weighted by atomic mass is 10.0. The van der Waals surface area contributed by atoms with Crippen LogP contribution in [0.2, 0.25) is 0 Å². The summed E-state index contributed by atoms with van der Waals surface area (Å²) in [5, 5.41) is 9.88. The first-order valence-corrected chi connectivity index (χ1v) is 5.56. The average Bonchev–Trinajstić information content (AvgIpc) is 2.30. The molecule has 1 aromatic heterocycles. The summed E-state index contributed by atoms with van der Waals surface area (Å²) in [7, 11) is 0. The number of aliphatic hydroxyl groups excluding tert-OH is 1. The van der Waals surface area contributed by atoms with Crippen LogP contribution in [-0.4, -0.2) is 16.2 Å². The van der Waals surface area contributed by atoms with Crippen LogP contribution in [-0.2, 0) is 12.8 Å². The molecule has 1 heterocycles. The number of aromatic nitrogens is 1. The number of rotatable bonds is 4. The van der Waals surface area contributed by atoms with Crippen molar-refractivity contribution in [1.29, 1.82) is 0 Å². The van der Waals surface area contributed by atoms with E-state index in [0.29, 0.717) is 12.8 Å². The SMILES string of the molecule is OC(Cc1cccc(F)c1)Cc1ccccn1. The Morgan fingerprint density at radius 3 is 2.71 bits per heavy atom. The zero-order chi connectivity index (χ0) is 12.1. The number of pyridine rings is 1. The Bertz CT molecular complexity index is 473. The summed E-state index contributed by atoms with van der Waals surface area (Å²) in [4.78, 5) is 4.14. The Morgan fingerprint density at radius 2 is 2.00 bits per heavy atom. The second kappa shape index (κ2) is 5.55. The summed E-state index contributed by atoms with van der Waals surface area (Å²) in [6.45, 7) is 0. The van der Waals surface area contributed by atoms with Crippen LogP contribution in [0.25, 0.3) is 0 Å². The fourth-order valence-corrected chi connectivity index (χ4v) is 1.77. The molecule has 2 rings (SSSR count). The van der Waals surface area contributed by atoms with Crippen molar-refractivity contribution in [3.63, 3.8) is 0 Å². The highest BCUT2D eigenvalue weighted by Gasteiger charge is 2.07. The maximum Gasteiger partial charge on any atom is 0.123 e. The molecule has 0 fully saturated rings. The predicted octanol–water partition coefficient (Wildman–Crippen LogP) is 2.37. The molecule has 0 aliphatic rings. The van der Waals surface area contributed by atoms with Gasteiger partial charge in [0.05, 0.1) is 6.10 Å². The molecule has 0 bridgehead atoms. The maximum atomic E-state index is 13.0. The number of halogens is 1. The Hall–Kier alpha value is -1.74. The summed E-state index contributed by atoms with van der Waals surface area (Å²) in [5.41, 5.74) is 1.64. The predicted molar refractivity (Wildman–Crippen MR) is 64.1 cm³/mol. The van der Waals surface area contributed by atoms with Gasteiger partial charge in [-0.3, -0.25) is 4.98 Å². The molecule has 0 saturated heterocycles. The van der Waals surface area contributed by atoms with Gasteiger partial charge in [-0.15, -0.1) is 0 Å². The van der Waals surface area contributed by atoms with Gasteiger partial charge in [0.2, 0.25) is 0 Å². The van der Waals surface area contributed by atoms with Gasteiger partial charge in [-0.2, -0.15) is 0 Å². The average molecular weight is 231 g/mol. The van der Waals surface area contributed by atoms with Crippen molar-refractivity contribution in [3.8, 4) is 0 Å². The minimum atomic E-state index is -0.535. The minimum absolute atomic E-state index is 0.271. The Labute approximate surface area is 99.8 Å². The Morgan fingerprint density at radius 1 is 1.12 bits per heavy atom. The fourth-order valence-electron chi connectivity index (χ4n) is 1.77. The molecule has 0 spiro atoms. The van der Waals surface area contributed by atoms with Gasteiger partial charge in [-0.05, 0) is 36.2 Å². The lowest BCUT2D eigenvalue weighted by molar-refractivity contribution is 0.174. The Kier molecular flexibility index (Phi) is 3.83. The van der Waals surface area contributed by atoms with Gasteiger partial charge in [0.1, 0.15) is 5.82 Å². The van der Waals surface area contributed by atoms with Crippen LogP contribution in [0.4, 0.5) is 4.39 Å². The topological polar surface area (TPSA) is 33.1 Å². The first-order valence-electron chi connectivity index (χ1n) is 5.56. The zero-order valence-electron chi connectivity index (χ0n) is 9.38. The molecule has 0 amide bonds. The van der Waals surface area contributed by atoms with Crippen LogP contribution >= 0.6 is 0 Å². The highest BCUT2D eigenvalue weighted by Crippen LogP contribution is 2.09. The summed E-state index contributed by atoms with van der Waals surface area (Å²) >= 11 is 0. The summed E-state index contributed by atoms with van der Waals surface area (Å²) in [6.07, 6.45) is 2.09. The minimum Gasteiger partial charge on any atom is -0.392 e. The van der Waals surface area contributed by atoms with Gasteiger partial charge in [0.15, 0.2) is 0 Å². The first-order chi connectivity index (χ1) is 8.24. The highest BCUT2D eigenvalue weighted by molar-refractivity contribution is 5.17. The van der Waals surface area contributed by atoms with Crippen molar-refractivity contribution in [2.75, 3.05) is 0 Å². The number of nitrogens with zero attached hydrogens (tertiary/aromatic N) is 1. The standard InChI is InChI=1S/C14H14FNO/c15-12-5-3-4-11(8-12)9-14(17)10-13-6-1-2-7-16-13/h1-8,14,17H,9-10H2.